The van der Waals surface area contributed by atoms with Gasteiger partial charge in [0.15, 0.2) is 12.2 Å². The number of hydrogen-bond donors (Lipinski definition) is 0. The number of halogens is 2. The standard InChI is InChI=1S/C20H40N2O3Si.C16H32N2O3Si.2BrH/c1-5-9-10-11-12-13-14-21-15-16-22(18-21)20(24-7-3,25-8-4)19(17-26)23-6-2;1-5-9-10-17-11-12-18(14-17)16(20-7-3,21-8-4)15(13-22)19-6-2;;/h18-19H,5-17H2,1-4H3;14-15H,5-13H2,1-4H3;2*1H/q2*+1;;/p-2. The van der Waals surface area contributed by atoms with E-state index < -0.39 is 11.8 Å². The Bertz CT molecular complexity index is 868. The van der Waals surface area contributed by atoms with Gasteiger partial charge in [0, 0.05) is 33.7 Å². The van der Waals surface area contributed by atoms with Crippen molar-refractivity contribution in [3.05, 3.63) is 0 Å². The van der Waals surface area contributed by atoms with E-state index >= 15 is 0 Å². The first-order valence-corrected chi connectivity index (χ1v) is 20.6. The Hall–Kier alpha value is 0.0938. The molecule has 10 nitrogen and oxygen atoms in total. The maximum Gasteiger partial charge on any atom is 0.349 e. The van der Waals surface area contributed by atoms with Crippen LogP contribution >= 0.6 is 0 Å². The molecule has 0 N–H and O–H groups in total. The molecule has 2 heterocycles. The van der Waals surface area contributed by atoms with Gasteiger partial charge in [0.25, 0.3) is 0 Å². The van der Waals surface area contributed by atoms with Gasteiger partial charge in [0.1, 0.15) is 26.2 Å². The number of nitrogens with zero attached hydrogens (tertiary/aromatic N) is 4. The van der Waals surface area contributed by atoms with Gasteiger partial charge in [0.2, 0.25) is 12.7 Å². The van der Waals surface area contributed by atoms with Crippen molar-refractivity contribution in [2.45, 2.75) is 143 Å². The second-order valence-corrected chi connectivity index (χ2v) is 12.9. The van der Waals surface area contributed by atoms with Crippen molar-refractivity contribution in [3.63, 3.8) is 0 Å². The Labute approximate surface area is 334 Å². The Balaban J connectivity index is 0. The fourth-order valence-corrected chi connectivity index (χ4v) is 7.09. The lowest BCUT2D eigenvalue weighted by Gasteiger charge is -2.39. The molecule has 50 heavy (non-hydrogen) atoms. The van der Waals surface area contributed by atoms with Gasteiger partial charge in [-0.05, 0) is 72.9 Å². The Morgan fingerprint density at radius 3 is 1.24 bits per heavy atom. The lowest BCUT2D eigenvalue weighted by atomic mass is 10.1. The average molecular weight is 873 g/mol. The van der Waals surface area contributed by atoms with E-state index in [2.05, 4.69) is 66.0 Å². The molecule has 294 valence electrons. The molecule has 2 rings (SSSR count). The first-order chi connectivity index (χ1) is 23.4. The van der Waals surface area contributed by atoms with Crippen LogP contribution in [0.25, 0.3) is 0 Å². The van der Waals surface area contributed by atoms with Crippen LogP contribution in [0, 0.1) is 0 Å². The van der Waals surface area contributed by atoms with Crippen LogP contribution in [0.2, 0.25) is 12.1 Å². The molecule has 0 saturated heterocycles. The molecule has 0 aromatic rings. The van der Waals surface area contributed by atoms with Crippen molar-refractivity contribution in [2.75, 3.05) is 78.9 Å². The van der Waals surface area contributed by atoms with E-state index in [0.717, 1.165) is 39.3 Å². The minimum Gasteiger partial charge on any atom is -1.00 e. The zero-order chi connectivity index (χ0) is 35.7. The summed E-state index contributed by atoms with van der Waals surface area (Å²) in [5.74, 6) is -1.72. The number of hydrogen-bond acceptors (Lipinski definition) is 8. The first kappa shape index (κ1) is 52.2. The molecule has 0 aliphatic carbocycles. The molecule has 2 aliphatic rings. The van der Waals surface area contributed by atoms with Crippen LogP contribution in [0.4, 0.5) is 0 Å². The third kappa shape index (κ3) is 16.6. The van der Waals surface area contributed by atoms with Crippen molar-refractivity contribution < 1.29 is 71.5 Å². The highest BCUT2D eigenvalue weighted by molar-refractivity contribution is 6.09. The highest BCUT2D eigenvalue weighted by Gasteiger charge is 2.53. The third-order valence-electron chi connectivity index (χ3n) is 8.58. The predicted molar refractivity (Wildman–Crippen MR) is 198 cm³/mol. The van der Waals surface area contributed by atoms with E-state index in [1.165, 1.54) is 51.4 Å². The van der Waals surface area contributed by atoms with Crippen LogP contribution in [0.5, 0.6) is 0 Å². The summed E-state index contributed by atoms with van der Waals surface area (Å²) in [7, 11) is 7.25. The van der Waals surface area contributed by atoms with Gasteiger partial charge in [-0.1, -0.05) is 46.0 Å². The summed E-state index contributed by atoms with van der Waals surface area (Å²) in [6.07, 6.45) is 14.3. The molecular weight excluding hydrogens is 800 g/mol. The van der Waals surface area contributed by atoms with Gasteiger partial charge in [-0.25, -0.2) is 9.80 Å². The van der Waals surface area contributed by atoms with Gasteiger partial charge < -0.3 is 62.4 Å². The Morgan fingerprint density at radius 1 is 0.540 bits per heavy atom. The van der Waals surface area contributed by atoms with Gasteiger partial charge in [0.05, 0.1) is 39.5 Å². The van der Waals surface area contributed by atoms with Crippen LogP contribution in [0.3, 0.4) is 0 Å². The zero-order valence-electron chi connectivity index (χ0n) is 32.9. The van der Waals surface area contributed by atoms with E-state index in [1.807, 2.05) is 41.5 Å². The Kier molecular flexibility index (Phi) is 32.8. The van der Waals surface area contributed by atoms with E-state index in [4.69, 9.17) is 28.4 Å². The molecular formula is C36H72Br2N4O6Si2. The molecule has 0 amide bonds. The summed E-state index contributed by atoms with van der Waals surface area (Å²) in [5, 5.41) is 0. The number of unbranched alkanes of at least 4 members (excludes halogenated alkanes) is 6. The van der Waals surface area contributed by atoms with Crippen molar-refractivity contribution in [1.29, 1.82) is 0 Å². The number of ether oxygens (including phenoxy) is 6. The minimum atomic E-state index is -0.864. The topological polar surface area (TPSA) is 67.9 Å². The molecule has 0 aromatic carbocycles. The fraction of sp³-hybridized carbons (Fsp3) is 0.944. The molecule has 2 aliphatic heterocycles. The van der Waals surface area contributed by atoms with E-state index in [9.17, 15) is 0 Å². The molecule has 2 unspecified atom stereocenters. The van der Waals surface area contributed by atoms with Gasteiger partial charge >= 0.3 is 11.8 Å². The maximum absolute atomic E-state index is 6.17. The second kappa shape index (κ2) is 31.4. The second-order valence-electron chi connectivity index (χ2n) is 12.1. The van der Waals surface area contributed by atoms with Crippen LogP contribution in [0.1, 0.15) is 107 Å². The van der Waals surface area contributed by atoms with Crippen LogP contribution in [-0.2, 0) is 28.4 Å². The largest absolute Gasteiger partial charge is 1.00 e. The molecule has 6 radical (unpaired) electrons. The lowest BCUT2D eigenvalue weighted by Crippen LogP contribution is -3.00. The van der Waals surface area contributed by atoms with Gasteiger partial charge in [-0.3, -0.25) is 9.15 Å². The third-order valence-corrected chi connectivity index (χ3v) is 9.33. The normalized spacial score (nSPS) is 15.9. The fourth-order valence-electron chi connectivity index (χ4n) is 6.34. The number of rotatable bonds is 28. The maximum atomic E-state index is 6.17. The van der Waals surface area contributed by atoms with Crippen molar-refractivity contribution in [2.24, 2.45) is 0 Å². The molecule has 0 saturated carbocycles. The average Bonchev–Trinajstić information content (AvgIpc) is 3.78. The minimum absolute atomic E-state index is 0. The highest BCUT2D eigenvalue weighted by atomic mass is 79.9. The van der Waals surface area contributed by atoms with Gasteiger partial charge in [-0.15, -0.1) is 0 Å². The first-order valence-electron chi connectivity index (χ1n) is 19.2. The van der Waals surface area contributed by atoms with Crippen molar-refractivity contribution in [3.8, 4) is 0 Å². The van der Waals surface area contributed by atoms with Crippen LogP contribution in [-0.4, -0.2) is 155 Å². The van der Waals surface area contributed by atoms with E-state index in [-0.39, 0.29) is 46.2 Å². The smallest absolute Gasteiger partial charge is 0.349 e. The van der Waals surface area contributed by atoms with Crippen molar-refractivity contribution >= 4 is 33.2 Å². The molecule has 14 heteroatoms. The summed E-state index contributed by atoms with van der Waals surface area (Å²) in [5.41, 5.74) is 0. The van der Waals surface area contributed by atoms with E-state index in [1.54, 1.807) is 0 Å². The van der Waals surface area contributed by atoms with E-state index in [0.29, 0.717) is 51.7 Å². The summed E-state index contributed by atoms with van der Waals surface area (Å²) < 4.78 is 41.1. The summed E-state index contributed by atoms with van der Waals surface area (Å²) in [4.78, 5) is 4.35. The predicted octanol–water partition coefficient (Wildman–Crippen LogP) is -0.708. The lowest BCUT2D eigenvalue weighted by molar-refractivity contribution is -0.514. The highest BCUT2D eigenvalue weighted by Crippen LogP contribution is 2.30. The molecule has 2 atom stereocenters. The molecule has 0 aromatic heterocycles. The SMILES string of the molecule is CCCCCCCC[N+]1=CN(C(OCC)(OCC)C(C[Si])OCC)CC1.CCCC[N+]1=CN(C(OCC)(OCC)C(C[Si])OCC)CC1.[Br-].[Br-]. The molecule has 0 fully saturated rings. The molecule has 0 spiro atoms. The molecule has 0 bridgehead atoms. The summed E-state index contributed by atoms with van der Waals surface area (Å²) >= 11 is 0. The van der Waals surface area contributed by atoms with Crippen molar-refractivity contribution in [1.82, 2.24) is 9.80 Å². The summed E-state index contributed by atoms with van der Waals surface area (Å²) in [6, 6.07) is 1.32. The van der Waals surface area contributed by atoms with Crippen LogP contribution in [0.15, 0.2) is 0 Å². The Morgan fingerprint density at radius 2 is 0.900 bits per heavy atom. The quantitative estimate of drug-likeness (QED) is 0.0443. The monoisotopic (exact) mass is 870 g/mol. The summed E-state index contributed by atoms with van der Waals surface area (Å²) in [6.45, 7) is 26.1. The zero-order valence-corrected chi connectivity index (χ0v) is 38.0. The van der Waals surface area contributed by atoms with Crippen LogP contribution < -0.4 is 34.0 Å². The van der Waals surface area contributed by atoms with Gasteiger partial charge in [-0.2, -0.15) is 0 Å².